The molecule has 0 heterocycles. The van der Waals surface area contributed by atoms with Crippen LogP contribution in [0.2, 0.25) is 0 Å². The van der Waals surface area contributed by atoms with E-state index in [1.165, 1.54) is 0 Å². The molecule has 0 aromatic heterocycles. The summed E-state index contributed by atoms with van der Waals surface area (Å²) in [6.45, 7) is 5.62. The van der Waals surface area contributed by atoms with Crippen LogP contribution in [0.15, 0.2) is 17.0 Å². The van der Waals surface area contributed by atoms with E-state index in [9.17, 15) is 8.42 Å². The maximum absolute atomic E-state index is 12.4. The number of benzene rings is 1. The Bertz CT molecular complexity index is 575. The maximum Gasteiger partial charge on any atom is 0.243 e. The predicted molar refractivity (Wildman–Crippen MR) is 72.9 cm³/mol. The zero-order chi connectivity index (χ0) is 13.6. The Kier molecular flexibility index (Phi) is 3.15. The molecule has 2 rings (SSSR count). The molecule has 0 amide bonds. The first-order chi connectivity index (χ1) is 8.25. The van der Waals surface area contributed by atoms with E-state index in [2.05, 4.69) is 4.72 Å². The third-order valence-corrected chi connectivity index (χ3v) is 5.65. The van der Waals surface area contributed by atoms with Gasteiger partial charge < -0.3 is 5.73 Å². The van der Waals surface area contributed by atoms with Crippen LogP contribution >= 0.6 is 0 Å². The van der Waals surface area contributed by atoms with Crippen molar-refractivity contribution < 1.29 is 8.42 Å². The number of hydrogen-bond acceptors (Lipinski definition) is 3. The Morgan fingerprint density at radius 2 is 1.89 bits per heavy atom. The van der Waals surface area contributed by atoms with E-state index in [1.807, 2.05) is 19.9 Å². The highest BCUT2D eigenvalue weighted by molar-refractivity contribution is 7.89. The quantitative estimate of drug-likeness (QED) is 0.825. The molecule has 4 nitrogen and oxygen atoms in total. The first-order valence-electron chi connectivity index (χ1n) is 6.15. The fraction of sp³-hybridized carbons (Fsp3) is 0.538. The molecule has 1 saturated carbocycles. The van der Waals surface area contributed by atoms with E-state index in [0.717, 1.165) is 30.4 Å². The van der Waals surface area contributed by atoms with Gasteiger partial charge in [-0.1, -0.05) is 6.07 Å². The number of nitrogens with two attached hydrogens (primary N) is 1. The summed E-state index contributed by atoms with van der Waals surface area (Å²) in [5.41, 5.74) is 7.51. The molecular weight excluding hydrogens is 248 g/mol. The minimum absolute atomic E-state index is 0.232. The van der Waals surface area contributed by atoms with Crippen molar-refractivity contribution >= 4 is 15.7 Å². The van der Waals surface area contributed by atoms with Crippen LogP contribution in [0, 0.1) is 13.8 Å². The Balaban J connectivity index is 2.44. The Hall–Kier alpha value is -1.07. The number of aryl methyl sites for hydroxylation is 1. The normalized spacial score (nSPS) is 18.4. The zero-order valence-corrected chi connectivity index (χ0v) is 11.9. The molecule has 100 valence electrons. The molecule has 18 heavy (non-hydrogen) atoms. The van der Waals surface area contributed by atoms with Gasteiger partial charge in [-0.05, 0) is 57.2 Å². The van der Waals surface area contributed by atoms with Gasteiger partial charge in [-0.3, -0.25) is 0 Å². The zero-order valence-electron chi connectivity index (χ0n) is 11.1. The maximum atomic E-state index is 12.4. The van der Waals surface area contributed by atoms with E-state index in [4.69, 9.17) is 5.73 Å². The molecular formula is C13H20N2O2S. The van der Waals surface area contributed by atoms with E-state index < -0.39 is 10.0 Å². The van der Waals surface area contributed by atoms with Crippen molar-refractivity contribution in [3.8, 4) is 0 Å². The van der Waals surface area contributed by atoms with E-state index >= 15 is 0 Å². The van der Waals surface area contributed by atoms with Crippen molar-refractivity contribution in [3.63, 3.8) is 0 Å². The van der Waals surface area contributed by atoms with Gasteiger partial charge in [0.15, 0.2) is 0 Å². The number of nitrogen functional groups attached to an aromatic ring is 1. The second kappa shape index (κ2) is 4.24. The largest absolute Gasteiger partial charge is 0.398 e. The number of hydrogen-bond donors (Lipinski definition) is 2. The molecule has 0 bridgehead atoms. The standard InChI is InChI=1S/C13H20N2O2S/c1-9-5-6-11(14)12(10(9)2)18(16,17)15-13(3)7-4-8-13/h5-6,15H,4,7-8,14H2,1-3H3. The van der Waals surface area contributed by atoms with Crippen molar-refractivity contribution in [1.29, 1.82) is 0 Å². The molecule has 3 N–H and O–H groups in total. The molecule has 1 aliphatic carbocycles. The molecule has 5 heteroatoms. The average molecular weight is 268 g/mol. The molecule has 1 fully saturated rings. The molecule has 0 atom stereocenters. The summed E-state index contributed by atoms with van der Waals surface area (Å²) >= 11 is 0. The van der Waals surface area contributed by atoms with Crippen LogP contribution in [0.25, 0.3) is 0 Å². The molecule has 0 unspecified atom stereocenters. The van der Waals surface area contributed by atoms with E-state index in [-0.39, 0.29) is 10.4 Å². The van der Waals surface area contributed by atoms with Crippen LogP contribution in [0.5, 0.6) is 0 Å². The molecule has 1 aliphatic rings. The highest BCUT2D eigenvalue weighted by Gasteiger charge is 2.37. The van der Waals surface area contributed by atoms with Crippen molar-refractivity contribution in [2.24, 2.45) is 0 Å². The first kappa shape index (κ1) is 13.4. The molecule has 1 aromatic carbocycles. The van der Waals surface area contributed by atoms with Crippen LogP contribution in [0.3, 0.4) is 0 Å². The smallest absolute Gasteiger partial charge is 0.243 e. The van der Waals surface area contributed by atoms with Gasteiger partial charge in [0.2, 0.25) is 10.0 Å². The summed E-state index contributed by atoms with van der Waals surface area (Å²) < 4.78 is 27.7. The third kappa shape index (κ3) is 2.24. The van der Waals surface area contributed by atoms with Gasteiger partial charge in [0.05, 0.1) is 5.69 Å². The topological polar surface area (TPSA) is 72.2 Å². The van der Waals surface area contributed by atoms with Gasteiger partial charge in [0, 0.05) is 5.54 Å². The Morgan fingerprint density at radius 1 is 1.28 bits per heavy atom. The van der Waals surface area contributed by atoms with Crippen LogP contribution in [-0.2, 0) is 10.0 Å². The second-order valence-corrected chi connectivity index (χ2v) is 7.06. The number of sulfonamides is 1. The first-order valence-corrected chi connectivity index (χ1v) is 7.63. The van der Waals surface area contributed by atoms with Crippen LogP contribution in [-0.4, -0.2) is 14.0 Å². The lowest BCUT2D eigenvalue weighted by molar-refractivity contribution is 0.248. The lowest BCUT2D eigenvalue weighted by atomic mass is 9.80. The molecule has 0 saturated heterocycles. The highest BCUT2D eigenvalue weighted by Crippen LogP contribution is 2.34. The van der Waals surface area contributed by atoms with Crippen molar-refractivity contribution in [2.75, 3.05) is 5.73 Å². The minimum atomic E-state index is -3.54. The second-order valence-electron chi connectivity index (χ2n) is 5.45. The Morgan fingerprint density at radius 3 is 2.39 bits per heavy atom. The fourth-order valence-electron chi connectivity index (χ4n) is 2.35. The summed E-state index contributed by atoms with van der Waals surface area (Å²) in [6, 6.07) is 3.49. The van der Waals surface area contributed by atoms with Crippen LogP contribution < -0.4 is 10.5 Å². The summed E-state index contributed by atoms with van der Waals surface area (Å²) in [4.78, 5) is 0.232. The van der Waals surface area contributed by atoms with Crippen molar-refractivity contribution in [3.05, 3.63) is 23.3 Å². The summed E-state index contributed by atoms with van der Waals surface area (Å²) in [6.07, 6.45) is 2.84. The van der Waals surface area contributed by atoms with Gasteiger partial charge in [0.1, 0.15) is 4.90 Å². The number of anilines is 1. The lowest BCUT2D eigenvalue weighted by Gasteiger charge is -2.38. The third-order valence-electron chi connectivity index (χ3n) is 3.81. The summed E-state index contributed by atoms with van der Waals surface area (Å²) in [5.74, 6) is 0. The minimum Gasteiger partial charge on any atom is -0.398 e. The van der Waals surface area contributed by atoms with Gasteiger partial charge in [0.25, 0.3) is 0 Å². The molecule has 1 aromatic rings. The SMILES string of the molecule is Cc1ccc(N)c(S(=O)(=O)NC2(C)CCC2)c1C. The Labute approximate surface area is 109 Å². The van der Waals surface area contributed by atoms with Gasteiger partial charge >= 0.3 is 0 Å². The van der Waals surface area contributed by atoms with Gasteiger partial charge in [-0.15, -0.1) is 0 Å². The van der Waals surface area contributed by atoms with Gasteiger partial charge in [-0.25, -0.2) is 13.1 Å². The number of nitrogens with one attached hydrogen (secondary N) is 1. The molecule has 0 spiro atoms. The van der Waals surface area contributed by atoms with E-state index in [0.29, 0.717) is 5.69 Å². The molecule has 0 aliphatic heterocycles. The summed E-state index contributed by atoms with van der Waals surface area (Å²) in [5, 5.41) is 0. The predicted octanol–water partition coefficient (Wildman–Crippen LogP) is 2.11. The summed E-state index contributed by atoms with van der Waals surface area (Å²) in [7, 11) is -3.54. The van der Waals surface area contributed by atoms with Crippen molar-refractivity contribution in [2.45, 2.75) is 50.5 Å². The van der Waals surface area contributed by atoms with Crippen LogP contribution in [0.4, 0.5) is 5.69 Å². The van der Waals surface area contributed by atoms with Crippen molar-refractivity contribution in [1.82, 2.24) is 4.72 Å². The fourth-order valence-corrected chi connectivity index (χ4v) is 4.25. The van der Waals surface area contributed by atoms with Gasteiger partial charge in [-0.2, -0.15) is 0 Å². The van der Waals surface area contributed by atoms with Crippen LogP contribution in [0.1, 0.15) is 37.3 Å². The number of rotatable bonds is 3. The molecule has 0 radical (unpaired) electrons. The lowest BCUT2D eigenvalue weighted by Crippen LogP contribution is -2.51. The van der Waals surface area contributed by atoms with E-state index in [1.54, 1.807) is 13.0 Å². The monoisotopic (exact) mass is 268 g/mol. The highest BCUT2D eigenvalue weighted by atomic mass is 32.2. The average Bonchev–Trinajstić information content (AvgIpc) is 2.21.